The molecule has 1 aromatic carbocycles. The Hall–Kier alpha value is -1.29. The Kier molecular flexibility index (Phi) is 4.46. The number of rotatable bonds is 4. The van der Waals surface area contributed by atoms with Crippen molar-refractivity contribution in [3.63, 3.8) is 0 Å². The number of hydrogen-bond acceptors (Lipinski definition) is 4. The van der Waals surface area contributed by atoms with Crippen molar-refractivity contribution in [2.24, 2.45) is 0 Å². The molecule has 0 aromatic heterocycles. The Labute approximate surface area is 108 Å². The Morgan fingerprint density at radius 1 is 1.16 bits per heavy atom. The lowest BCUT2D eigenvalue weighted by Crippen LogP contribution is -2.19. The predicted octanol–water partition coefficient (Wildman–Crippen LogP) is 3.11. The summed E-state index contributed by atoms with van der Waals surface area (Å²) in [5.74, 6) is -2.31. The molecule has 108 valence electrons. The van der Waals surface area contributed by atoms with E-state index in [0.29, 0.717) is 12.1 Å². The summed E-state index contributed by atoms with van der Waals surface area (Å²) in [7, 11) is 0.0879. The van der Waals surface area contributed by atoms with Gasteiger partial charge in [-0.15, -0.1) is 13.2 Å². The minimum Gasteiger partial charge on any atom is -0.433 e. The van der Waals surface area contributed by atoms with Gasteiger partial charge in [0.05, 0.1) is 0 Å². The average molecular weight is 327 g/mol. The van der Waals surface area contributed by atoms with E-state index in [2.05, 4.69) is 9.47 Å². The van der Waals surface area contributed by atoms with Gasteiger partial charge in [0.15, 0.2) is 10.6 Å². The summed E-state index contributed by atoms with van der Waals surface area (Å²) >= 11 is 0. The Morgan fingerprint density at radius 2 is 1.68 bits per heavy atom. The summed E-state index contributed by atoms with van der Waals surface area (Å²) in [5, 5.41) is 0. The third kappa shape index (κ3) is 4.71. The molecule has 0 bridgehead atoms. The molecular weight excluding hydrogens is 323 g/mol. The summed E-state index contributed by atoms with van der Waals surface area (Å²) in [6.07, 6.45) is -5.22. The first-order valence-electron chi connectivity index (χ1n) is 4.29. The SMILES string of the molecule is O=S(=O)(Cl)c1c(OC(F)F)cccc1OC(F)(F)F. The van der Waals surface area contributed by atoms with Crippen LogP contribution in [0.15, 0.2) is 23.1 Å². The third-order valence-corrected chi connectivity index (χ3v) is 2.98. The highest BCUT2D eigenvalue weighted by molar-refractivity contribution is 8.13. The fraction of sp³-hybridized carbons (Fsp3) is 0.250. The van der Waals surface area contributed by atoms with E-state index in [4.69, 9.17) is 10.7 Å². The Bertz CT molecular complexity index is 557. The van der Waals surface area contributed by atoms with Gasteiger partial charge in [-0.3, -0.25) is 0 Å². The van der Waals surface area contributed by atoms with Gasteiger partial charge >= 0.3 is 13.0 Å². The molecule has 0 heterocycles. The van der Waals surface area contributed by atoms with Gasteiger partial charge in [-0.25, -0.2) is 8.42 Å². The molecular formula is C8H4ClF5O4S. The molecule has 1 rings (SSSR count). The maximum atomic E-state index is 12.1. The number of hydrogen-bond donors (Lipinski definition) is 0. The van der Waals surface area contributed by atoms with Crippen LogP contribution in [0.3, 0.4) is 0 Å². The van der Waals surface area contributed by atoms with Crippen molar-refractivity contribution < 1.29 is 39.8 Å². The van der Waals surface area contributed by atoms with Crippen molar-refractivity contribution >= 4 is 19.7 Å². The quantitative estimate of drug-likeness (QED) is 0.630. The van der Waals surface area contributed by atoms with Crippen LogP contribution in [0.5, 0.6) is 11.5 Å². The van der Waals surface area contributed by atoms with Crippen molar-refractivity contribution in [1.29, 1.82) is 0 Å². The summed E-state index contributed by atoms with van der Waals surface area (Å²) in [6, 6.07) is 2.15. The zero-order valence-electron chi connectivity index (χ0n) is 8.62. The molecule has 0 saturated heterocycles. The van der Waals surface area contributed by atoms with Crippen molar-refractivity contribution in [2.45, 2.75) is 17.9 Å². The van der Waals surface area contributed by atoms with E-state index in [1.54, 1.807) is 0 Å². The van der Waals surface area contributed by atoms with Crippen molar-refractivity contribution in [1.82, 2.24) is 0 Å². The molecule has 0 aliphatic carbocycles. The molecule has 0 saturated carbocycles. The van der Waals surface area contributed by atoms with E-state index >= 15 is 0 Å². The highest BCUT2D eigenvalue weighted by Crippen LogP contribution is 2.38. The van der Waals surface area contributed by atoms with E-state index in [-0.39, 0.29) is 0 Å². The smallest absolute Gasteiger partial charge is 0.433 e. The molecule has 4 nitrogen and oxygen atoms in total. The lowest BCUT2D eigenvalue weighted by atomic mass is 10.3. The van der Waals surface area contributed by atoms with Gasteiger partial charge in [0, 0.05) is 10.7 Å². The van der Waals surface area contributed by atoms with Gasteiger partial charge in [0.25, 0.3) is 9.05 Å². The third-order valence-electron chi connectivity index (χ3n) is 1.63. The molecule has 0 atom stereocenters. The molecule has 0 radical (unpaired) electrons. The van der Waals surface area contributed by atoms with E-state index in [1.807, 2.05) is 0 Å². The maximum absolute atomic E-state index is 12.1. The van der Waals surface area contributed by atoms with E-state index < -0.39 is 38.4 Å². The first-order valence-corrected chi connectivity index (χ1v) is 6.60. The second-order valence-electron chi connectivity index (χ2n) is 2.95. The second-order valence-corrected chi connectivity index (χ2v) is 5.45. The summed E-state index contributed by atoms with van der Waals surface area (Å²) in [6.45, 7) is -3.45. The number of ether oxygens (including phenoxy) is 2. The first kappa shape index (κ1) is 15.8. The highest BCUT2D eigenvalue weighted by Gasteiger charge is 2.35. The van der Waals surface area contributed by atoms with Gasteiger partial charge in [-0.2, -0.15) is 8.78 Å². The van der Waals surface area contributed by atoms with Gasteiger partial charge in [0.2, 0.25) is 0 Å². The Balaban J connectivity index is 3.40. The van der Waals surface area contributed by atoms with Crippen LogP contribution in [0.4, 0.5) is 22.0 Å². The van der Waals surface area contributed by atoms with Gasteiger partial charge < -0.3 is 9.47 Å². The standard InChI is InChI=1S/C8H4ClF5O4S/c9-19(15,16)6-4(17-7(10)11)2-1-3-5(6)18-8(12,13)14/h1-3,7H. The van der Waals surface area contributed by atoms with Gasteiger partial charge in [0.1, 0.15) is 5.75 Å². The summed E-state index contributed by atoms with van der Waals surface area (Å²) in [5.41, 5.74) is 0. The van der Waals surface area contributed by atoms with Crippen LogP contribution in [-0.4, -0.2) is 21.4 Å². The van der Waals surface area contributed by atoms with Crippen molar-refractivity contribution in [3.05, 3.63) is 18.2 Å². The molecule has 0 unspecified atom stereocenters. The lowest BCUT2D eigenvalue weighted by molar-refractivity contribution is -0.275. The zero-order chi connectivity index (χ0) is 14.8. The minimum absolute atomic E-state index is 0.598. The number of halogens is 6. The molecule has 0 fully saturated rings. The van der Waals surface area contributed by atoms with Crippen LogP contribution in [0, 0.1) is 0 Å². The number of alkyl halides is 5. The molecule has 19 heavy (non-hydrogen) atoms. The van der Waals surface area contributed by atoms with Crippen LogP contribution in [0.2, 0.25) is 0 Å². The van der Waals surface area contributed by atoms with Gasteiger partial charge in [-0.1, -0.05) is 6.07 Å². The molecule has 0 aliphatic rings. The molecule has 0 aliphatic heterocycles. The second kappa shape index (κ2) is 5.37. The predicted molar refractivity (Wildman–Crippen MR) is 52.8 cm³/mol. The lowest BCUT2D eigenvalue weighted by Gasteiger charge is -2.14. The largest absolute Gasteiger partial charge is 0.573 e. The fourth-order valence-electron chi connectivity index (χ4n) is 1.13. The highest BCUT2D eigenvalue weighted by atomic mass is 35.7. The molecule has 0 N–H and O–H groups in total. The van der Waals surface area contributed by atoms with Crippen LogP contribution < -0.4 is 9.47 Å². The molecule has 0 spiro atoms. The zero-order valence-corrected chi connectivity index (χ0v) is 10.2. The normalized spacial score (nSPS) is 12.6. The maximum Gasteiger partial charge on any atom is 0.573 e. The van der Waals surface area contributed by atoms with Crippen LogP contribution in [-0.2, 0) is 9.05 Å². The Morgan fingerprint density at radius 3 is 2.11 bits per heavy atom. The van der Waals surface area contributed by atoms with E-state index in [0.717, 1.165) is 6.07 Å². The minimum atomic E-state index is -5.22. The van der Waals surface area contributed by atoms with Crippen molar-refractivity contribution in [2.75, 3.05) is 0 Å². The summed E-state index contributed by atoms with van der Waals surface area (Å²) < 4.78 is 89.7. The molecule has 11 heteroatoms. The molecule has 1 aromatic rings. The number of benzene rings is 1. The van der Waals surface area contributed by atoms with Crippen LogP contribution >= 0.6 is 10.7 Å². The van der Waals surface area contributed by atoms with Crippen molar-refractivity contribution in [3.8, 4) is 11.5 Å². The fourth-order valence-corrected chi connectivity index (χ4v) is 2.29. The van der Waals surface area contributed by atoms with E-state index in [1.165, 1.54) is 0 Å². The molecule has 0 amide bonds. The topological polar surface area (TPSA) is 52.6 Å². The monoisotopic (exact) mass is 326 g/mol. The van der Waals surface area contributed by atoms with Gasteiger partial charge in [-0.05, 0) is 12.1 Å². The van der Waals surface area contributed by atoms with Crippen LogP contribution in [0.1, 0.15) is 0 Å². The van der Waals surface area contributed by atoms with Crippen LogP contribution in [0.25, 0.3) is 0 Å². The van der Waals surface area contributed by atoms with E-state index in [9.17, 15) is 30.4 Å². The first-order chi connectivity index (χ1) is 8.50. The summed E-state index contributed by atoms with van der Waals surface area (Å²) in [4.78, 5) is -1.32. The average Bonchev–Trinajstić information content (AvgIpc) is 2.11.